The number of methoxy groups -OCH3 is 2. The Labute approximate surface area is 189 Å². The summed E-state index contributed by atoms with van der Waals surface area (Å²) in [7, 11) is 3.11. The fraction of sp³-hybridized carbons (Fsp3) is 0.269. The van der Waals surface area contributed by atoms with Crippen molar-refractivity contribution in [3.05, 3.63) is 95.6 Å². The van der Waals surface area contributed by atoms with Gasteiger partial charge in [-0.2, -0.15) is 0 Å². The van der Waals surface area contributed by atoms with E-state index in [1.807, 2.05) is 36.4 Å². The van der Waals surface area contributed by atoms with Crippen molar-refractivity contribution in [2.24, 2.45) is 0 Å². The van der Waals surface area contributed by atoms with Gasteiger partial charge in [-0.25, -0.2) is 0 Å². The molecule has 0 aliphatic rings. The number of ether oxygens (including phenoxy) is 2. The first-order chi connectivity index (χ1) is 15.6. The molecule has 0 aliphatic heterocycles. The van der Waals surface area contributed by atoms with E-state index in [9.17, 15) is 9.90 Å². The fourth-order valence-electron chi connectivity index (χ4n) is 3.52. The number of hydrogen-bond acceptors (Lipinski definition) is 5. The summed E-state index contributed by atoms with van der Waals surface area (Å²) in [6.45, 7) is 1.61. The van der Waals surface area contributed by atoms with E-state index in [0.717, 1.165) is 11.1 Å². The van der Waals surface area contributed by atoms with E-state index in [1.54, 1.807) is 25.3 Å². The zero-order valence-corrected chi connectivity index (χ0v) is 18.5. The number of amides is 1. The van der Waals surface area contributed by atoms with Crippen LogP contribution in [-0.4, -0.2) is 43.2 Å². The minimum atomic E-state index is -0.892. The SMILES string of the molecule is COc1ccc(C(O)CNC(=O)CN(Cc2ccccc2)Cc2ccccc2)c(OC)c1. The van der Waals surface area contributed by atoms with Crippen molar-refractivity contribution in [2.75, 3.05) is 27.3 Å². The molecule has 1 amide bonds. The fourth-order valence-corrected chi connectivity index (χ4v) is 3.52. The molecule has 0 saturated carbocycles. The molecule has 3 rings (SSSR count). The predicted octanol–water partition coefficient (Wildman–Crippen LogP) is 3.56. The summed E-state index contributed by atoms with van der Waals surface area (Å²) in [6.07, 6.45) is -0.892. The molecule has 1 atom stereocenters. The monoisotopic (exact) mass is 434 g/mol. The van der Waals surface area contributed by atoms with Gasteiger partial charge in [-0.3, -0.25) is 9.69 Å². The Hall–Kier alpha value is -3.35. The third-order valence-corrected chi connectivity index (χ3v) is 5.16. The van der Waals surface area contributed by atoms with Gasteiger partial charge in [-0.1, -0.05) is 60.7 Å². The Kier molecular flexibility index (Phi) is 8.66. The lowest BCUT2D eigenvalue weighted by Gasteiger charge is -2.23. The molecule has 0 saturated heterocycles. The van der Waals surface area contributed by atoms with Crippen molar-refractivity contribution >= 4 is 5.91 Å². The standard InChI is InChI=1S/C26H30N2O4/c1-31-22-13-14-23(25(15-22)32-2)24(29)16-27-26(30)19-28(17-20-9-5-3-6-10-20)18-21-11-7-4-8-12-21/h3-15,24,29H,16-19H2,1-2H3,(H,27,30). The van der Waals surface area contributed by atoms with Crippen molar-refractivity contribution < 1.29 is 19.4 Å². The molecule has 0 aromatic heterocycles. The van der Waals surface area contributed by atoms with Crippen LogP contribution in [0.1, 0.15) is 22.8 Å². The molecule has 2 N–H and O–H groups in total. The number of nitrogens with one attached hydrogen (secondary N) is 1. The molecule has 0 spiro atoms. The van der Waals surface area contributed by atoms with Crippen LogP contribution in [-0.2, 0) is 17.9 Å². The zero-order chi connectivity index (χ0) is 22.8. The van der Waals surface area contributed by atoms with Crippen LogP contribution in [0.4, 0.5) is 0 Å². The van der Waals surface area contributed by atoms with Gasteiger partial charge in [-0.15, -0.1) is 0 Å². The third-order valence-electron chi connectivity index (χ3n) is 5.16. The Morgan fingerprint density at radius 2 is 1.50 bits per heavy atom. The number of benzene rings is 3. The molecule has 6 heteroatoms. The number of carbonyl (C=O) groups excluding carboxylic acids is 1. The molecule has 6 nitrogen and oxygen atoms in total. The van der Waals surface area contributed by atoms with E-state index in [2.05, 4.69) is 34.5 Å². The quantitative estimate of drug-likeness (QED) is 0.483. The molecule has 3 aromatic carbocycles. The smallest absolute Gasteiger partial charge is 0.234 e. The van der Waals surface area contributed by atoms with Crippen LogP contribution in [0.25, 0.3) is 0 Å². The van der Waals surface area contributed by atoms with Gasteiger partial charge >= 0.3 is 0 Å². The lowest BCUT2D eigenvalue weighted by molar-refractivity contribution is -0.123. The summed E-state index contributed by atoms with van der Waals surface area (Å²) in [5.41, 5.74) is 2.87. The molecular weight excluding hydrogens is 404 g/mol. The van der Waals surface area contributed by atoms with Crippen LogP contribution >= 0.6 is 0 Å². The molecule has 0 radical (unpaired) electrons. The number of nitrogens with zero attached hydrogens (tertiary/aromatic N) is 1. The van der Waals surface area contributed by atoms with Gasteiger partial charge < -0.3 is 19.9 Å². The molecule has 0 bridgehead atoms. The van der Waals surface area contributed by atoms with Crippen molar-refractivity contribution in [2.45, 2.75) is 19.2 Å². The second-order valence-electron chi connectivity index (χ2n) is 7.54. The molecule has 32 heavy (non-hydrogen) atoms. The summed E-state index contributed by atoms with van der Waals surface area (Å²) in [5, 5.41) is 13.4. The number of aliphatic hydroxyl groups excluding tert-OH is 1. The first kappa shape index (κ1) is 23.3. The number of aliphatic hydroxyl groups is 1. The van der Waals surface area contributed by atoms with Crippen molar-refractivity contribution in [3.63, 3.8) is 0 Å². The van der Waals surface area contributed by atoms with Crippen molar-refractivity contribution in [1.82, 2.24) is 10.2 Å². The first-order valence-electron chi connectivity index (χ1n) is 10.6. The summed E-state index contributed by atoms with van der Waals surface area (Å²) in [4.78, 5) is 14.8. The van der Waals surface area contributed by atoms with E-state index in [0.29, 0.717) is 30.2 Å². The largest absolute Gasteiger partial charge is 0.497 e. The molecular formula is C26H30N2O4. The second kappa shape index (κ2) is 11.9. The Morgan fingerprint density at radius 1 is 0.906 bits per heavy atom. The van der Waals surface area contributed by atoms with Gasteiger partial charge in [0.05, 0.1) is 26.9 Å². The lowest BCUT2D eigenvalue weighted by atomic mass is 10.1. The van der Waals surface area contributed by atoms with Crippen molar-refractivity contribution in [1.29, 1.82) is 0 Å². The molecule has 0 fully saturated rings. The van der Waals surface area contributed by atoms with Gasteiger partial charge in [0.2, 0.25) is 5.91 Å². The van der Waals surface area contributed by atoms with Gasteiger partial charge in [0.1, 0.15) is 11.5 Å². The zero-order valence-electron chi connectivity index (χ0n) is 18.5. The van der Waals surface area contributed by atoms with Crippen LogP contribution in [0.3, 0.4) is 0 Å². The highest BCUT2D eigenvalue weighted by atomic mass is 16.5. The van der Waals surface area contributed by atoms with Gasteiger partial charge in [0.15, 0.2) is 0 Å². The number of hydrogen-bond donors (Lipinski definition) is 2. The van der Waals surface area contributed by atoms with Gasteiger partial charge in [-0.05, 0) is 23.3 Å². The highest BCUT2D eigenvalue weighted by molar-refractivity contribution is 5.78. The summed E-state index contributed by atoms with van der Waals surface area (Å²) in [6, 6.07) is 25.3. The lowest BCUT2D eigenvalue weighted by Crippen LogP contribution is -2.38. The Bertz CT molecular complexity index is 938. The molecule has 1 unspecified atom stereocenters. The van der Waals surface area contributed by atoms with Gasteiger partial charge in [0.25, 0.3) is 0 Å². The van der Waals surface area contributed by atoms with Crippen LogP contribution in [0.5, 0.6) is 11.5 Å². The minimum Gasteiger partial charge on any atom is -0.497 e. The van der Waals surface area contributed by atoms with Gasteiger partial charge in [0, 0.05) is 31.3 Å². The van der Waals surface area contributed by atoms with E-state index < -0.39 is 6.10 Å². The molecule has 0 heterocycles. The van der Waals surface area contributed by atoms with Crippen molar-refractivity contribution in [3.8, 4) is 11.5 Å². The maximum Gasteiger partial charge on any atom is 0.234 e. The summed E-state index contributed by atoms with van der Waals surface area (Å²) < 4.78 is 10.5. The summed E-state index contributed by atoms with van der Waals surface area (Å²) >= 11 is 0. The maximum atomic E-state index is 12.7. The van der Waals surface area contributed by atoms with Crippen LogP contribution < -0.4 is 14.8 Å². The number of carbonyl (C=O) groups is 1. The molecule has 0 aliphatic carbocycles. The van der Waals surface area contributed by atoms with Crippen LogP contribution in [0.15, 0.2) is 78.9 Å². The third kappa shape index (κ3) is 6.83. The second-order valence-corrected chi connectivity index (χ2v) is 7.54. The topological polar surface area (TPSA) is 71.0 Å². The Morgan fingerprint density at radius 3 is 2.03 bits per heavy atom. The predicted molar refractivity (Wildman–Crippen MR) is 125 cm³/mol. The number of rotatable bonds is 11. The minimum absolute atomic E-state index is 0.0893. The average Bonchev–Trinajstić information content (AvgIpc) is 2.83. The average molecular weight is 435 g/mol. The first-order valence-corrected chi connectivity index (χ1v) is 10.6. The van der Waals surface area contributed by atoms with Crippen LogP contribution in [0.2, 0.25) is 0 Å². The molecule has 168 valence electrons. The summed E-state index contributed by atoms with van der Waals surface area (Å²) in [5.74, 6) is 1.00. The van der Waals surface area contributed by atoms with E-state index in [4.69, 9.17) is 9.47 Å². The molecule has 3 aromatic rings. The van der Waals surface area contributed by atoms with E-state index in [-0.39, 0.29) is 19.0 Å². The van der Waals surface area contributed by atoms with Crippen LogP contribution in [0, 0.1) is 0 Å². The highest BCUT2D eigenvalue weighted by Gasteiger charge is 2.17. The van der Waals surface area contributed by atoms with E-state index >= 15 is 0 Å². The Balaban J connectivity index is 1.61. The normalized spacial score (nSPS) is 11.8. The van der Waals surface area contributed by atoms with E-state index in [1.165, 1.54) is 7.11 Å². The highest BCUT2D eigenvalue weighted by Crippen LogP contribution is 2.29. The maximum absolute atomic E-state index is 12.7.